The first-order valence-electron chi connectivity index (χ1n) is 5.32. The number of aromatic nitrogens is 2. The Morgan fingerprint density at radius 3 is 3.18 bits per heavy atom. The van der Waals surface area contributed by atoms with Gasteiger partial charge in [-0.25, -0.2) is 9.97 Å². The maximum atomic E-state index is 5.91. The molecule has 0 aliphatic carbocycles. The van der Waals surface area contributed by atoms with Crippen molar-refractivity contribution in [3.8, 4) is 0 Å². The van der Waals surface area contributed by atoms with Crippen LogP contribution in [0.1, 0.15) is 10.4 Å². The van der Waals surface area contributed by atoms with Crippen LogP contribution in [-0.2, 0) is 13.0 Å². The molecule has 17 heavy (non-hydrogen) atoms. The van der Waals surface area contributed by atoms with Crippen LogP contribution < -0.4 is 10.6 Å². The van der Waals surface area contributed by atoms with Crippen molar-refractivity contribution in [1.29, 1.82) is 0 Å². The fourth-order valence-electron chi connectivity index (χ4n) is 2.05. The topological polar surface area (TPSA) is 55.0 Å². The molecule has 0 fully saturated rings. The largest absolute Gasteiger partial charge is 0.393 e. The zero-order valence-electron chi connectivity index (χ0n) is 9.06. The van der Waals surface area contributed by atoms with Crippen LogP contribution in [0.5, 0.6) is 0 Å². The lowest BCUT2D eigenvalue weighted by molar-refractivity contribution is 0.732. The Labute approximate surface area is 108 Å². The van der Waals surface area contributed by atoms with Crippen molar-refractivity contribution < 1.29 is 0 Å². The Morgan fingerprint density at radius 1 is 1.41 bits per heavy atom. The molecule has 4 nitrogen and oxygen atoms in total. The molecule has 0 saturated carbocycles. The Balaban J connectivity index is 1.94. The number of halogens is 1. The molecule has 0 radical (unpaired) electrons. The summed E-state index contributed by atoms with van der Waals surface area (Å²) in [6.45, 7) is 1.77. The summed E-state index contributed by atoms with van der Waals surface area (Å²) >= 11 is 7.72. The zero-order valence-corrected chi connectivity index (χ0v) is 10.6. The van der Waals surface area contributed by atoms with E-state index < -0.39 is 0 Å². The molecule has 0 saturated heterocycles. The average Bonchev–Trinajstić information content (AvgIpc) is 2.79. The smallest absolute Gasteiger partial charge is 0.157 e. The van der Waals surface area contributed by atoms with E-state index in [2.05, 4.69) is 26.3 Å². The molecule has 0 unspecified atom stereocenters. The van der Waals surface area contributed by atoms with Crippen molar-refractivity contribution in [2.24, 2.45) is 0 Å². The molecule has 6 heteroatoms. The molecule has 0 bridgehead atoms. The zero-order chi connectivity index (χ0) is 11.8. The first kappa shape index (κ1) is 10.8. The van der Waals surface area contributed by atoms with Crippen molar-refractivity contribution in [2.75, 3.05) is 17.2 Å². The summed E-state index contributed by atoms with van der Waals surface area (Å²) in [6, 6.07) is 2.16. The highest BCUT2D eigenvalue weighted by atomic mass is 35.5. The van der Waals surface area contributed by atoms with Crippen molar-refractivity contribution in [2.45, 2.75) is 13.0 Å². The molecule has 3 heterocycles. The average molecular weight is 267 g/mol. The molecule has 0 amide bonds. The van der Waals surface area contributed by atoms with Crippen LogP contribution in [0.15, 0.2) is 17.8 Å². The van der Waals surface area contributed by atoms with Gasteiger partial charge < -0.3 is 10.6 Å². The number of nitrogens with two attached hydrogens (primary N) is 1. The van der Waals surface area contributed by atoms with E-state index in [9.17, 15) is 0 Å². The number of rotatable bonds is 1. The molecule has 3 rings (SSSR count). The third kappa shape index (κ3) is 1.85. The quantitative estimate of drug-likeness (QED) is 0.805. The van der Waals surface area contributed by atoms with Crippen LogP contribution in [-0.4, -0.2) is 16.5 Å². The second-order valence-electron chi connectivity index (χ2n) is 3.94. The summed E-state index contributed by atoms with van der Waals surface area (Å²) in [5.41, 5.74) is 7.74. The lowest BCUT2D eigenvalue weighted by Crippen LogP contribution is -2.30. The van der Waals surface area contributed by atoms with E-state index in [1.165, 1.54) is 16.8 Å². The van der Waals surface area contributed by atoms with Crippen LogP contribution in [0.2, 0.25) is 5.15 Å². The highest BCUT2D eigenvalue weighted by molar-refractivity contribution is 7.10. The highest BCUT2D eigenvalue weighted by Gasteiger charge is 2.20. The minimum absolute atomic E-state index is 0.325. The second kappa shape index (κ2) is 4.16. The molecule has 0 spiro atoms. The Kier molecular flexibility index (Phi) is 2.64. The van der Waals surface area contributed by atoms with Crippen molar-refractivity contribution >= 4 is 34.4 Å². The number of hydrogen-bond donors (Lipinski definition) is 1. The van der Waals surface area contributed by atoms with Gasteiger partial charge in [0.2, 0.25) is 0 Å². The normalized spacial score (nSPS) is 14.8. The second-order valence-corrected chi connectivity index (χ2v) is 5.30. The van der Waals surface area contributed by atoms with Crippen LogP contribution >= 0.6 is 22.9 Å². The van der Waals surface area contributed by atoms with E-state index in [4.69, 9.17) is 17.3 Å². The van der Waals surface area contributed by atoms with Gasteiger partial charge >= 0.3 is 0 Å². The molecule has 0 aromatic carbocycles. The first-order chi connectivity index (χ1) is 8.25. The summed E-state index contributed by atoms with van der Waals surface area (Å²) in [6.07, 6.45) is 2.49. The van der Waals surface area contributed by atoms with Gasteiger partial charge in [0.15, 0.2) is 11.0 Å². The summed E-state index contributed by atoms with van der Waals surface area (Å²) in [4.78, 5) is 11.7. The standard InChI is InChI=1S/C11H11ClN4S/c12-10-9(13)11(15-6-14-10)16-3-1-8-7(5-16)2-4-17-8/h2,4,6H,1,3,5,13H2. The molecule has 88 valence electrons. The highest BCUT2D eigenvalue weighted by Crippen LogP contribution is 2.31. The van der Waals surface area contributed by atoms with Gasteiger partial charge in [-0.15, -0.1) is 11.3 Å². The summed E-state index contributed by atoms with van der Waals surface area (Å²) in [7, 11) is 0. The van der Waals surface area contributed by atoms with Gasteiger partial charge in [0.1, 0.15) is 12.0 Å². The molecule has 2 aromatic rings. The number of nitrogens with zero attached hydrogens (tertiary/aromatic N) is 3. The van der Waals surface area contributed by atoms with E-state index in [-0.39, 0.29) is 0 Å². The van der Waals surface area contributed by atoms with Gasteiger partial charge in [-0.2, -0.15) is 0 Å². The van der Waals surface area contributed by atoms with Crippen LogP contribution in [0, 0.1) is 0 Å². The molecule has 1 aliphatic rings. The third-order valence-electron chi connectivity index (χ3n) is 2.92. The summed E-state index contributed by atoms with van der Waals surface area (Å²) in [5.74, 6) is 0.738. The maximum absolute atomic E-state index is 5.91. The summed E-state index contributed by atoms with van der Waals surface area (Å²) in [5, 5.41) is 2.45. The molecular formula is C11H11ClN4S. The fourth-order valence-corrected chi connectivity index (χ4v) is 3.06. The third-order valence-corrected chi connectivity index (χ3v) is 4.25. The Hall–Kier alpha value is -1.33. The Bertz CT molecular complexity index is 554. The molecule has 2 N–H and O–H groups in total. The van der Waals surface area contributed by atoms with Crippen LogP contribution in [0.25, 0.3) is 0 Å². The van der Waals surface area contributed by atoms with Crippen molar-refractivity contribution in [3.63, 3.8) is 0 Å². The van der Waals surface area contributed by atoms with Gasteiger partial charge in [0.25, 0.3) is 0 Å². The Morgan fingerprint density at radius 2 is 2.29 bits per heavy atom. The number of nitrogen functional groups attached to an aromatic ring is 1. The number of anilines is 2. The number of thiophene rings is 1. The van der Waals surface area contributed by atoms with Gasteiger partial charge in [-0.05, 0) is 23.4 Å². The van der Waals surface area contributed by atoms with Crippen molar-refractivity contribution in [3.05, 3.63) is 33.4 Å². The van der Waals surface area contributed by atoms with E-state index in [0.29, 0.717) is 10.8 Å². The van der Waals surface area contributed by atoms with E-state index in [0.717, 1.165) is 25.3 Å². The monoisotopic (exact) mass is 266 g/mol. The minimum Gasteiger partial charge on any atom is -0.393 e. The number of fused-ring (bicyclic) bond motifs is 1. The fraction of sp³-hybridized carbons (Fsp3) is 0.273. The lowest BCUT2D eigenvalue weighted by Gasteiger charge is -2.28. The first-order valence-corrected chi connectivity index (χ1v) is 6.57. The molecule has 0 atom stereocenters. The van der Waals surface area contributed by atoms with E-state index >= 15 is 0 Å². The minimum atomic E-state index is 0.325. The van der Waals surface area contributed by atoms with Gasteiger partial charge in [-0.3, -0.25) is 0 Å². The molecule has 2 aromatic heterocycles. The van der Waals surface area contributed by atoms with E-state index in [1.807, 2.05) is 11.3 Å². The number of hydrogen-bond acceptors (Lipinski definition) is 5. The predicted molar refractivity (Wildman–Crippen MR) is 70.5 cm³/mol. The van der Waals surface area contributed by atoms with Gasteiger partial charge in [0, 0.05) is 18.0 Å². The maximum Gasteiger partial charge on any atom is 0.157 e. The van der Waals surface area contributed by atoms with Crippen LogP contribution in [0.3, 0.4) is 0 Å². The van der Waals surface area contributed by atoms with Crippen LogP contribution in [0.4, 0.5) is 11.5 Å². The summed E-state index contributed by atoms with van der Waals surface area (Å²) < 4.78 is 0. The molecular weight excluding hydrogens is 256 g/mol. The van der Waals surface area contributed by atoms with Gasteiger partial charge in [-0.1, -0.05) is 11.6 Å². The molecule has 1 aliphatic heterocycles. The van der Waals surface area contributed by atoms with Crippen molar-refractivity contribution in [1.82, 2.24) is 9.97 Å². The lowest BCUT2D eigenvalue weighted by atomic mass is 10.1. The SMILES string of the molecule is Nc1c(Cl)ncnc1N1CCc2sccc2C1. The van der Waals surface area contributed by atoms with Gasteiger partial charge in [0.05, 0.1) is 0 Å². The predicted octanol–water partition coefficient (Wildman–Crippen LogP) is 2.34. The van der Waals surface area contributed by atoms with E-state index in [1.54, 1.807) is 0 Å².